The molecule has 0 aliphatic carbocycles. The Hall–Kier alpha value is -3.97. The van der Waals surface area contributed by atoms with Crippen LogP contribution in [0.5, 0.6) is 0 Å². The van der Waals surface area contributed by atoms with Crippen molar-refractivity contribution in [3.63, 3.8) is 0 Å². The van der Waals surface area contributed by atoms with Crippen LogP contribution >= 0.6 is 0 Å². The van der Waals surface area contributed by atoms with Gasteiger partial charge in [0.2, 0.25) is 5.91 Å². The number of anilines is 1. The summed E-state index contributed by atoms with van der Waals surface area (Å²) in [4.78, 5) is 40.4. The minimum Gasteiger partial charge on any atom is -0.460 e. The summed E-state index contributed by atoms with van der Waals surface area (Å²) >= 11 is 0. The Labute approximate surface area is 191 Å². The Morgan fingerprint density at radius 1 is 0.758 bits per heavy atom. The van der Waals surface area contributed by atoms with Crippen LogP contribution in [0.15, 0.2) is 84.9 Å². The van der Waals surface area contributed by atoms with E-state index < -0.39 is 17.4 Å². The zero-order valence-corrected chi connectivity index (χ0v) is 18.1. The van der Waals surface area contributed by atoms with Crippen molar-refractivity contribution in [2.24, 2.45) is 0 Å². The van der Waals surface area contributed by atoms with Gasteiger partial charge in [-0.2, -0.15) is 0 Å². The van der Waals surface area contributed by atoms with Crippen molar-refractivity contribution < 1.29 is 28.6 Å². The molecule has 3 aromatic carbocycles. The van der Waals surface area contributed by atoms with Gasteiger partial charge in [0.1, 0.15) is 25.4 Å². The maximum atomic E-state index is 13.6. The molecule has 4 rings (SSSR count). The number of ether oxygens (including phenoxy) is 3. The first-order valence-corrected chi connectivity index (χ1v) is 10.4. The van der Waals surface area contributed by atoms with Crippen LogP contribution in [0.4, 0.5) is 5.69 Å². The number of amides is 1. The van der Waals surface area contributed by atoms with Gasteiger partial charge in [0, 0.05) is 7.11 Å². The molecule has 7 heteroatoms. The Morgan fingerprint density at radius 2 is 1.24 bits per heavy atom. The van der Waals surface area contributed by atoms with Crippen LogP contribution in [0.3, 0.4) is 0 Å². The number of fused-ring (bicyclic) bond motifs is 1. The number of rotatable bonds is 8. The molecular formula is C26H23NO6. The molecule has 3 aromatic rings. The fourth-order valence-electron chi connectivity index (χ4n) is 3.87. The van der Waals surface area contributed by atoms with Crippen LogP contribution in [0.25, 0.3) is 0 Å². The highest BCUT2D eigenvalue weighted by Crippen LogP contribution is 2.42. The molecule has 0 spiro atoms. The van der Waals surface area contributed by atoms with Crippen LogP contribution in [-0.2, 0) is 24.4 Å². The van der Waals surface area contributed by atoms with Gasteiger partial charge in [0.05, 0.1) is 16.8 Å². The van der Waals surface area contributed by atoms with Crippen molar-refractivity contribution in [1.82, 2.24) is 0 Å². The molecule has 0 atom stereocenters. The molecule has 0 fully saturated rings. The SMILES string of the molecule is COCN1C(=O)C(COC(=O)c2ccccc2)(COC(=O)c2ccccc2)c2ccccc21. The molecule has 0 bridgehead atoms. The van der Waals surface area contributed by atoms with Crippen molar-refractivity contribution >= 4 is 23.5 Å². The lowest BCUT2D eigenvalue weighted by Crippen LogP contribution is -2.48. The third-order valence-corrected chi connectivity index (χ3v) is 5.54. The molecule has 1 amide bonds. The molecule has 0 saturated heterocycles. The van der Waals surface area contributed by atoms with E-state index in [1.54, 1.807) is 84.9 Å². The van der Waals surface area contributed by atoms with Gasteiger partial charge in [-0.15, -0.1) is 0 Å². The highest BCUT2D eigenvalue weighted by molar-refractivity contribution is 6.08. The first-order valence-electron chi connectivity index (χ1n) is 10.4. The molecule has 0 unspecified atom stereocenters. The van der Waals surface area contributed by atoms with Gasteiger partial charge in [-0.3, -0.25) is 9.69 Å². The number of hydrogen-bond acceptors (Lipinski definition) is 6. The number of nitrogens with zero attached hydrogens (tertiary/aromatic N) is 1. The molecule has 0 N–H and O–H groups in total. The van der Waals surface area contributed by atoms with E-state index in [0.29, 0.717) is 22.4 Å². The van der Waals surface area contributed by atoms with E-state index in [-0.39, 0.29) is 25.9 Å². The summed E-state index contributed by atoms with van der Waals surface area (Å²) < 4.78 is 16.4. The predicted octanol–water partition coefficient (Wildman–Crippen LogP) is 3.59. The highest BCUT2D eigenvalue weighted by Gasteiger charge is 2.53. The molecule has 33 heavy (non-hydrogen) atoms. The van der Waals surface area contributed by atoms with E-state index >= 15 is 0 Å². The number of benzene rings is 3. The quantitative estimate of drug-likeness (QED) is 0.493. The van der Waals surface area contributed by atoms with Crippen LogP contribution < -0.4 is 4.90 Å². The zero-order valence-electron chi connectivity index (χ0n) is 18.1. The Bertz CT molecular complexity index is 1090. The van der Waals surface area contributed by atoms with Gasteiger partial charge >= 0.3 is 11.9 Å². The highest BCUT2D eigenvalue weighted by atomic mass is 16.5. The standard InChI is InChI=1S/C26H23NO6/c1-31-18-27-22-15-9-8-14-21(22)26(25(27)30,16-32-23(28)19-10-4-2-5-11-19)17-33-24(29)20-12-6-3-7-13-20/h2-15H,16-18H2,1H3. The second-order valence-electron chi connectivity index (χ2n) is 7.63. The van der Waals surface area contributed by atoms with Gasteiger partial charge in [0.15, 0.2) is 0 Å². The van der Waals surface area contributed by atoms with Crippen molar-refractivity contribution in [3.05, 3.63) is 102 Å². The summed E-state index contributed by atoms with van der Waals surface area (Å²) in [5.41, 5.74) is 0.553. The van der Waals surface area contributed by atoms with Gasteiger partial charge in [-0.1, -0.05) is 54.6 Å². The van der Waals surface area contributed by atoms with Crippen molar-refractivity contribution in [1.29, 1.82) is 0 Å². The smallest absolute Gasteiger partial charge is 0.338 e. The third-order valence-electron chi connectivity index (χ3n) is 5.54. The zero-order chi connectivity index (χ0) is 23.3. The van der Waals surface area contributed by atoms with Crippen LogP contribution in [-0.4, -0.2) is 44.9 Å². The molecule has 0 saturated carbocycles. The Kier molecular flexibility index (Phi) is 6.51. The average molecular weight is 445 g/mol. The minimum atomic E-state index is -1.40. The Morgan fingerprint density at radius 3 is 1.76 bits per heavy atom. The Balaban J connectivity index is 1.65. The monoisotopic (exact) mass is 445 g/mol. The summed E-state index contributed by atoms with van der Waals surface area (Å²) in [7, 11) is 1.49. The van der Waals surface area contributed by atoms with Crippen molar-refractivity contribution in [3.8, 4) is 0 Å². The average Bonchev–Trinajstić information content (AvgIpc) is 3.10. The van der Waals surface area contributed by atoms with E-state index in [9.17, 15) is 14.4 Å². The maximum Gasteiger partial charge on any atom is 0.338 e. The third kappa shape index (κ3) is 4.36. The summed E-state index contributed by atoms with van der Waals surface area (Å²) in [6.45, 7) is -0.575. The van der Waals surface area contributed by atoms with E-state index in [1.165, 1.54) is 12.0 Å². The molecule has 1 heterocycles. The number of methoxy groups -OCH3 is 1. The van der Waals surface area contributed by atoms with E-state index in [4.69, 9.17) is 14.2 Å². The number of carbonyl (C=O) groups excluding carboxylic acids is 3. The summed E-state index contributed by atoms with van der Waals surface area (Å²) in [6, 6.07) is 24.2. The van der Waals surface area contributed by atoms with E-state index in [1.807, 2.05) is 0 Å². The van der Waals surface area contributed by atoms with Gasteiger partial charge in [0.25, 0.3) is 0 Å². The molecular weight excluding hydrogens is 422 g/mol. The molecule has 0 aromatic heterocycles. The topological polar surface area (TPSA) is 82.1 Å². The van der Waals surface area contributed by atoms with Crippen molar-refractivity contribution in [2.75, 3.05) is 32.0 Å². The first-order chi connectivity index (χ1) is 16.1. The van der Waals surface area contributed by atoms with Crippen LogP contribution in [0.1, 0.15) is 26.3 Å². The van der Waals surface area contributed by atoms with Crippen LogP contribution in [0, 0.1) is 0 Å². The molecule has 168 valence electrons. The summed E-state index contributed by atoms with van der Waals surface area (Å²) in [6.07, 6.45) is 0. The summed E-state index contributed by atoms with van der Waals surface area (Å²) in [5.74, 6) is -1.51. The predicted molar refractivity (Wildman–Crippen MR) is 121 cm³/mol. The number of esters is 2. The number of carbonyl (C=O) groups is 3. The second-order valence-corrected chi connectivity index (χ2v) is 7.63. The van der Waals surface area contributed by atoms with Gasteiger partial charge in [-0.05, 0) is 35.9 Å². The van der Waals surface area contributed by atoms with Crippen LogP contribution in [0.2, 0.25) is 0 Å². The largest absolute Gasteiger partial charge is 0.460 e. The molecule has 0 radical (unpaired) electrons. The lowest BCUT2D eigenvalue weighted by atomic mass is 9.83. The lowest BCUT2D eigenvalue weighted by Gasteiger charge is -2.28. The minimum absolute atomic E-state index is 0.0108. The number of hydrogen-bond donors (Lipinski definition) is 0. The number of para-hydroxylation sites is 1. The van der Waals surface area contributed by atoms with Gasteiger partial charge in [-0.25, -0.2) is 9.59 Å². The summed E-state index contributed by atoms with van der Waals surface area (Å²) in [5, 5.41) is 0. The maximum absolute atomic E-state index is 13.6. The van der Waals surface area contributed by atoms with Crippen molar-refractivity contribution in [2.45, 2.75) is 5.41 Å². The van der Waals surface area contributed by atoms with E-state index in [0.717, 1.165) is 0 Å². The fourth-order valence-corrected chi connectivity index (χ4v) is 3.87. The molecule has 1 aliphatic rings. The fraction of sp³-hybridized carbons (Fsp3) is 0.192. The molecule has 1 aliphatic heterocycles. The van der Waals surface area contributed by atoms with Gasteiger partial charge < -0.3 is 14.2 Å². The second kappa shape index (κ2) is 9.67. The lowest BCUT2D eigenvalue weighted by molar-refractivity contribution is -0.127. The normalized spacial score (nSPS) is 14.0. The molecule has 7 nitrogen and oxygen atoms in total. The van der Waals surface area contributed by atoms with E-state index in [2.05, 4.69) is 0 Å². The first kappa shape index (κ1) is 22.2.